The number of nitriles is 1. The molecule has 1 N–H and O–H groups in total. The minimum absolute atomic E-state index is 0.226. The molecular weight excluding hydrogens is 140 g/mol. The van der Waals surface area contributed by atoms with E-state index in [2.05, 4.69) is 11.0 Å². The summed E-state index contributed by atoms with van der Waals surface area (Å²) < 4.78 is 0. The van der Waals surface area contributed by atoms with E-state index in [0.717, 1.165) is 13.0 Å². The molecule has 0 aromatic heterocycles. The van der Waals surface area contributed by atoms with E-state index in [4.69, 9.17) is 10.4 Å². The minimum atomic E-state index is 0.226. The van der Waals surface area contributed by atoms with Gasteiger partial charge in [0, 0.05) is 19.2 Å². The van der Waals surface area contributed by atoms with Gasteiger partial charge in [-0.25, -0.2) is 0 Å². The third kappa shape index (κ3) is 4.77. The van der Waals surface area contributed by atoms with E-state index >= 15 is 0 Å². The van der Waals surface area contributed by atoms with E-state index < -0.39 is 0 Å². The fraction of sp³-hybridized carbons (Fsp3) is 0.875. The number of hydrogen-bond acceptors (Lipinski definition) is 3. The lowest BCUT2D eigenvalue weighted by Gasteiger charge is -2.21. The number of aliphatic hydroxyl groups is 1. The van der Waals surface area contributed by atoms with Crippen LogP contribution >= 0.6 is 0 Å². The topological polar surface area (TPSA) is 47.3 Å². The van der Waals surface area contributed by atoms with Gasteiger partial charge in [-0.3, -0.25) is 0 Å². The van der Waals surface area contributed by atoms with Crippen molar-refractivity contribution in [2.24, 2.45) is 0 Å². The van der Waals surface area contributed by atoms with Crippen molar-refractivity contribution in [1.82, 2.24) is 4.90 Å². The third-order valence-corrected chi connectivity index (χ3v) is 1.81. The van der Waals surface area contributed by atoms with Crippen LogP contribution in [0.2, 0.25) is 0 Å². The molecule has 0 bridgehead atoms. The molecule has 3 heteroatoms. The molecule has 0 fully saturated rings. The first kappa shape index (κ1) is 10.4. The van der Waals surface area contributed by atoms with Crippen LogP contribution in [-0.2, 0) is 0 Å². The van der Waals surface area contributed by atoms with E-state index in [0.29, 0.717) is 12.5 Å². The molecule has 0 heterocycles. The summed E-state index contributed by atoms with van der Waals surface area (Å²) in [6, 6.07) is 2.42. The summed E-state index contributed by atoms with van der Waals surface area (Å²) >= 11 is 0. The molecule has 0 aliphatic heterocycles. The van der Waals surface area contributed by atoms with Gasteiger partial charge in [0.2, 0.25) is 0 Å². The van der Waals surface area contributed by atoms with Crippen molar-refractivity contribution in [1.29, 1.82) is 5.26 Å². The lowest BCUT2D eigenvalue weighted by molar-refractivity contribution is 0.217. The Hall–Kier alpha value is -0.590. The molecule has 0 amide bonds. The monoisotopic (exact) mass is 156 g/mol. The molecular formula is C8H16N2O. The lowest BCUT2D eigenvalue weighted by Crippen LogP contribution is -2.30. The molecule has 1 atom stereocenters. The lowest BCUT2D eigenvalue weighted by atomic mass is 10.2. The van der Waals surface area contributed by atoms with Crippen LogP contribution in [0.5, 0.6) is 0 Å². The zero-order valence-corrected chi connectivity index (χ0v) is 7.25. The van der Waals surface area contributed by atoms with Crippen molar-refractivity contribution in [3.8, 4) is 6.07 Å². The largest absolute Gasteiger partial charge is 0.396 e. The van der Waals surface area contributed by atoms with Crippen LogP contribution in [0.1, 0.15) is 19.8 Å². The molecule has 3 nitrogen and oxygen atoms in total. The summed E-state index contributed by atoms with van der Waals surface area (Å²) in [5, 5.41) is 16.9. The van der Waals surface area contributed by atoms with E-state index in [1.165, 1.54) is 0 Å². The summed E-state index contributed by atoms with van der Waals surface area (Å²) in [4.78, 5) is 2.08. The van der Waals surface area contributed by atoms with Crippen LogP contribution in [0.3, 0.4) is 0 Å². The normalized spacial score (nSPS) is 13.0. The quantitative estimate of drug-likeness (QED) is 0.634. The number of hydrogen-bond donors (Lipinski definition) is 1. The van der Waals surface area contributed by atoms with Crippen LogP contribution in [0.15, 0.2) is 0 Å². The molecule has 11 heavy (non-hydrogen) atoms. The van der Waals surface area contributed by atoms with Gasteiger partial charge in [0.15, 0.2) is 0 Å². The highest BCUT2D eigenvalue weighted by atomic mass is 16.3. The van der Waals surface area contributed by atoms with Gasteiger partial charge in [0.25, 0.3) is 0 Å². The van der Waals surface area contributed by atoms with Gasteiger partial charge < -0.3 is 10.0 Å². The van der Waals surface area contributed by atoms with Crippen LogP contribution < -0.4 is 0 Å². The fourth-order valence-electron chi connectivity index (χ4n) is 0.828. The van der Waals surface area contributed by atoms with Crippen molar-refractivity contribution < 1.29 is 5.11 Å². The van der Waals surface area contributed by atoms with Crippen LogP contribution in [0.4, 0.5) is 0 Å². The summed E-state index contributed by atoms with van der Waals surface area (Å²) in [5.74, 6) is 0. The van der Waals surface area contributed by atoms with Crippen molar-refractivity contribution in [2.75, 3.05) is 20.2 Å². The van der Waals surface area contributed by atoms with Gasteiger partial charge in [-0.1, -0.05) is 0 Å². The minimum Gasteiger partial charge on any atom is -0.396 e. The Labute approximate surface area is 68.2 Å². The molecule has 1 unspecified atom stereocenters. The zero-order chi connectivity index (χ0) is 8.69. The number of rotatable bonds is 5. The first-order chi connectivity index (χ1) is 5.22. The maximum absolute atomic E-state index is 8.54. The average molecular weight is 156 g/mol. The van der Waals surface area contributed by atoms with E-state index in [1.807, 2.05) is 14.0 Å². The Bertz CT molecular complexity index is 131. The standard InChI is InChI=1S/C8H16N2O/c1-8(4-5-9)10(2)6-3-7-11/h8,11H,3-4,6-7H2,1-2H3. The Morgan fingerprint density at radius 1 is 1.64 bits per heavy atom. The fourth-order valence-corrected chi connectivity index (χ4v) is 0.828. The molecule has 0 rings (SSSR count). The van der Waals surface area contributed by atoms with Crippen LogP contribution in [-0.4, -0.2) is 36.2 Å². The molecule has 0 saturated heterocycles. The first-order valence-corrected chi connectivity index (χ1v) is 3.90. The molecule has 0 saturated carbocycles. The second-order valence-corrected chi connectivity index (χ2v) is 2.77. The summed E-state index contributed by atoms with van der Waals surface area (Å²) in [6.45, 7) is 3.10. The molecule has 0 aromatic carbocycles. The molecule has 0 aliphatic rings. The summed E-state index contributed by atoms with van der Waals surface area (Å²) in [5.41, 5.74) is 0. The van der Waals surface area contributed by atoms with E-state index in [9.17, 15) is 0 Å². The van der Waals surface area contributed by atoms with Crippen molar-refractivity contribution in [2.45, 2.75) is 25.8 Å². The maximum Gasteiger partial charge on any atom is 0.0638 e. The van der Waals surface area contributed by atoms with Crippen molar-refractivity contribution in [3.63, 3.8) is 0 Å². The van der Waals surface area contributed by atoms with Crippen molar-refractivity contribution in [3.05, 3.63) is 0 Å². The molecule has 0 aromatic rings. The van der Waals surface area contributed by atoms with Crippen LogP contribution in [0.25, 0.3) is 0 Å². The highest BCUT2D eigenvalue weighted by molar-refractivity contribution is 4.78. The molecule has 64 valence electrons. The Morgan fingerprint density at radius 3 is 2.73 bits per heavy atom. The highest BCUT2D eigenvalue weighted by Crippen LogP contribution is 1.99. The third-order valence-electron chi connectivity index (χ3n) is 1.81. The van der Waals surface area contributed by atoms with Gasteiger partial charge in [-0.05, 0) is 20.4 Å². The van der Waals surface area contributed by atoms with Gasteiger partial charge in [0.05, 0.1) is 12.5 Å². The number of nitrogens with zero attached hydrogens (tertiary/aromatic N) is 2. The Morgan fingerprint density at radius 2 is 2.27 bits per heavy atom. The zero-order valence-electron chi connectivity index (χ0n) is 7.25. The Balaban J connectivity index is 3.48. The second kappa shape index (κ2) is 6.14. The van der Waals surface area contributed by atoms with Gasteiger partial charge >= 0.3 is 0 Å². The molecule has 0 aliphatic carbocycles. The van der Waals surface area contributed by atoms with E-state index in [-0.39, 0.29) is 6.61 Å². The Kier molecular flexibility index (Phi) is 5.81. The predicted octanol–water partition coefficient (Wildman–Crippen LogP) is 0.603. The molecule has 0 radical (unpaired) electrons. The predicted molar refractivity (Wildman–Crippen MR) is 44.0 cm³/mol. The summed E-state index contributed by atoms with van der Waals surface area (Å²) in [7, 11) is 1.97. The van der Waals surface area contributed by atoms with Gasteiger partial charge in [0.1, 0.15) is 0 Å². The van der Waals surface area contributed by atoms with Gasteiger partial charge in [-0.15, -0.1) is 0 Å². The van der Waals surface area contributed by atoms with Crippen molar-refractivity contribution >= 4 is 0 Å². The smallest absolute Gasteiger partial charge is 0.0638 e. The number of aliphatic hydroxyl groups excluding tert-OH is 1. The highest BCUT2D eigenvalue weighted by Gasteiger charge is 2.06. The molecule has 0 spiro atoms. The first-order valence-electron chi connectivity index (χ1n) is 3.90. The summed E-state index contributed by atoms with van der Waals surface area (Å²) in [6.07, 6.45) is 1.34. The van der Waals surface area contributed by atoms with Gasteiger partial charge in [-0.2, -0.15) is 5.26 Å². The second-order valence-electron chi connectivity index (χ2n) is 2.77. The van der Waals surface area contributed by atoms with E-state index in [1.54, 1.807) is 0 Å². The van der Waals surface area contributed by atoms with Crippen LogP contribution in [0, 0.1) is 11.3 Å². The average Bonchev–Trinajstić information content (AvgIpc) is 2.00. The maximum atomic E-state index is 8.54. The SMILES string of the molecule is CC(CC#N)N(C)CCCO.